The van der Waals surface area contributed by atoms with Gasteiger partial charge in [-0.1, -0.05) is 37.8 Å². The van der Waals surface area contributed by atoms with Crippen LogP contribution < -0.4 is 10.1 Å². The fourth-order valence-electron chi connectivity index (χ4n) is 2.67. The van der Waals surface area contributed by atoms with Crippen LogP contribution in [0, 0.1) is 11.7 Å². The first-order valence-electron chi connectivity index (χ1n) is 6.86. The van der Waals surface area contributed by atoms with Gasteiger partial charge in [-0.05, 0) is 25.5 Å². The maximum absolute atomic E-state index is 13.7. The molecule has 1 aliphatic rings. The highest BCUT2D eigenvalue weighted by atomic mass is 19.1. The third-order valence-corrected chi connectivity index (χ3v) is 3.66. The van der Waals surface area contributed by atoms with Crippen LogP contribution in [0.4, 0.5) is 4.39 Å². The molecule has 3 heteroatoms. The Balaban J connectivity index is 1.90. The number of hydrogen-bond acceptors (Lipinski definition) is 2. The zero-order valence-electron chi connectivity index (χ0n) is 11.0. The van der Waals surface area contributed by atoms with Crippen molar-refractivity contribution in [2.24, 2.45) is 5.92 Å². The monoisotopic (exact) mass is 251 g/mol. The maximum atomic E-state index is 13.7. The number of hydrogen-bond donors (Lipinski definition) is 1. The van der Waals surface area contributed by atoms with Gasteiger partial charge in [0.15, 0.2) is 11.6 Å². The van der Waals surface area contributed by atoms with E-state index in [-0.39, 0.29) is 5.82 Å². The van der Waals surface area contributed by atoms with Gasteiger partial charge in [0.1, 0.15) is 0 Å². The van der Waals surface area contributed by atoms with Crippen LogP contribution in [0.25, 0.3) is 0 Å². The number of nitrogens with one attached hydrogen (secondary N) is 1. The maximum Gasteiger partial charge on any atom is 0.165 e. The van der Waals surface area contributed by atoms with Crippen LogP contribution in [-0.4, -0.2) is 13.7 Å². The van der Waals surface area contributed by atoms with Crippen molar-refractivity contribution in [3.05, 3.63) is 29.6 Å². The summed E-state index contributed by atoms with van der Waals surface area (Å²) in [5, 5.41) is 3.04. The van der Waals surface area contributed by atoms with E-state index in [9.17, 15) is 4.39 Å². The molecule has 0 aromatic heterocycles. The molecule has 1 fully saturated rings. The van der Waals surface area contributed by atoms with E-state index in [1.165, 1.54) is 31.7 Å². The summed E-state index contributed by atoms with van der Waals surface area (Å²) < 4.78 is 19.4. The van der Waals surface area contributed by atoms with Gasteiger partial charge in [-0.15, -0.1) is 0 Å². The summed E-state index contributed by atoms with van der Waals surface area (Å²) in [5.41, 5.74) is 0.893. The van der Waals surface area contributed by atoms with E-state index in [1.54, 1.807) is 6.07 Å². The minimum Gasteiger partial charge on any atom is -0.490 e. The molecule has 1 aliphatic carbocycles. The Morgan fingerprint density at radius 2 is 2.11 bits per heavy atom. The molecule has 0 amide bonds. The molecule has 0 radical (unpaired) electrons. The van der Waals surface area contributed by atoms with Gasteiger partial charge in [0.25, 0.3) is 0 Å². The van der Waals surface area contributed by atoms with E-state index < -0.39 is 0 Å². The van der Waals surface area contributed by atoms with Crippen molar-refractivity contribution in [3.8, 4) is 5.75 Å². The van der Waals surface area contributed by atoms with Gasteiger partial charge in [-0.2, -0.15) is 0 Å². The van der Waals surface area contributed by atoms with Gasteiger partial charge in [0.05, 0.1) is 6.61 Å². The predicted molar refractivity (Wildman–Crippen MR) is 71.2 cm³/mol. The van der Waals surface area contributed by atoms with Crippen LogP contribution in [0.2, 0.25) is 0 Å². The van der Waals surface area contributed by atoms with Crippen molar-refractivity contribution in [2.75, 3.05) is 13.7 Å². The molecule has 0 atom stereocenters. The molecule has 0 heterocycles. The summed E-state index contributed by atoms with van der Waals surface area (Å²) in [6, 6.07) is 5.10. The quantitative estimate of drug-likeness (QED) is 0.835. The molecule has 0 bridgehead atoms. The SMILES string of the molecule is CNCc1cccc(F)c1OCCC1CCCC1. The lowest BCUT2D eigenvalue weighted by molar-refractivity contribution is 0.265. The Morgan fingerprint density at radius 1 is 1.33 bits per heavy atom. The normalized spacial score (nSPS) is 16.1. The molecule has 100 valence electrons. The second-order valence-corrected chi connectivity index (χ2v) is 5.05. The molecule has 0 aliphatic heterocycles. The summed E-state index contributed by atoms with van der Waals surface area (Å²) in [5.74, 6) is 0.948. The van der Waals surface area contributed by atoms with Gasteiger partial charge in [0.2, 0.25) is 0 Å². The fourth-order valence-corrected chi connectivity index (χ4v) is 2.67. The van der Waals surface area contributed by atoms with Gasteiger partial charge >= 0.3 is 0 Å². The van der Waals surface area contributed by atoms with Crippen molar-refractivity contribution in [3.63, 3.8) is 0 Å². The first-order valence-corrected chi connectivity index (χ1v) is 6.86. The van der Waals surface area contributed by atoms with Crippen molar-refractivity contribution < 1.29 is 9.13 Å². The lowest BCUT2D eigenvalue weighted by Crippen LogP contribution is -2.10. The Hall–Kier alpha value is -1.09. The predicted octanol–water partition coefficient (Wildman–Crippen LogP) is 3.50. The summed E-state index contributed by atoms with van der Waals surface area (Å²) >= 11 is 0. The molecular weight excluding hydrogens is 229 g/mol. The number of ether oxygens (including phenoxy) is 1. The average molecular weight is 251 g/mol. The van der Waals surface area contributed by atoms with Crippen molar-refractivity contribution in [1.29, 1.82) is 0 Å². The highest BCUT2D eigenvalue weighted by Crippen LogP contribution is 2.28. The Morgan fingerprint density at radius 3 is 2.83 bits per heavy atom. The lowest BCUT2D eigenvalue weighted by Gasteiger charge is -2.14. The van der Waals surface area contributed by atoms with Crippen molar-refractivity contribution in [1.82, 2.24) is 5.32 Å². The lowest BCUT2D eigenvalue weighted by atomic mass is 10.1. The molecule has 1 saturated carbocycles. The first kappa shape index (κ1) is 13.3. The summed E-state index contributed by atoms with van der Waals surface area (Å²) in [6.07, 6.45) is 6.35. The Labute approximate surface area is 109 Å². The second-order valence-electron chi connectivity index (χ2n) is 5.05. The van der Waals surface area contributed by atoms with E-state index in [2.05, 4.69) is 5.32 Å². The van der Waals surface area contributed by atoms with Crippen molar-refractivity contribution >= 4 is 0 Å². The van der Waals surface area contributed by atoms with Crippen LogP contribution in [0.1, 0.15) is 37.7 Å². The largest absolute Gasteiger partial charge is 0.490 e. The first-order chi connectivity index (χ1) is 8.81. The zero-order valence-corrected chi connectivity index (χ0v) is 11.0. The standard InChI is InChI=1S/C15H22FNO/c1-17-11-13-7-4-8-14(16)15(13)18-10-9-12-5-2-3-6-12/h4,7-8,12,17H,2-3,5-6,9-11H2,1H3. The number of benzene rings is 1. The number of para-hydroxylation sites is 1. The summed E-state index contributed by atoms with van der Waals surface area (Å²) in [7, 11) is 1.85. The fraction of sp³-hybridized carbons (Fsp3) is 0.600. The second kappa shape index (κ2) is 6.74. The molecule has 2 nitrogen and oxygen atoms in total. The van der Waals surface area contributed by atoms with Crippen LogP contribution in [-0.2, 0) is 6.54 Å². The molecule has 1 N–H and O–H groups in total. The summed E-state index contributed by atoms with van der Waals surface area (Å²) in [6.45, 7) is 1.26. The van der Waals surface area contributed by atoms with E-state index >= 15 is 0 Å². The average Bonchev–Trinajstić information content (AvgIpc) is 2.86. The van der Waals surface area contributed by atoms with E-state index in [4.69, 9.17) is 4.74 Å². The molecule has 0 unspecified atom stereocenters. The zero-order chi connectivity index (χ0) is 12.8. The van der Waals surface area contributed by atoms with Crippen molar-refractivity contribution in [2.45, 2.75) is 38.6 Å². The van der Waals surface area contributed by atoms with Crippen LogP contribution >= 0.6 is 0 Å². The molecular formula is C15H22FNO. The molecule has 0 spiro atoms. The highest BCUT2D eigenvalue weighted by molar-refractivity contribution is 5.34. The van der Waals surface area contributed by atoms with E-state index in [0.717, 1.165) is 17.9 Å². The Bertz CT molecular complexity index is 375. The minimum absolute atomic E-state index is 0.255. The topological polar surface area (TPSA) is 21.3 Å². The smallest absolute Gasteiger partial charge is 0.165 e. The number of halogens is 1. The minimum atomic E-state index is -0.255. The van der Waals surface area contributed by atoms with Gasteiger partial charge in [-0.25, -0.2) is 4.39 Å². The van der Waals surface area contributed by atoms with Gasteiger partial charge in [0, 0.05) is 12.1 Å². The molecule has 0 saturated heterocycles. The van der Waals surface area contributed by atoms with Gasteiger partial charge < -0.3 is 10.1 Å². The number of rotatable bonds is 6. The van der Waals surface area contributed by atoms with Crippen LogP contribution in [0.15, 0.2) is 18.2 Å². The van der Waals surface area contributed by atoms with Crippen LogP contribution in [0.5, 0.6) is 5.75 Å². The van der Waals surface area contributed by atoms with E-state index in [1.807, 2.05) is 13.1 Å². The van der Waals surface area contributed by atoms with Crippen LogP contribution in [0.3, 0.4) is 0 Å². The van der Waals surface area contributed by atoms with E-state index in [0.29, 0.717) is 18.9 Å². The highest BCUT2D eigenvalue weighted by Gasteiger charge is 2.15. The summed E-state index contributed by atoms with van der Waals surface area (Å²) in [4.78, 5) is 0. The third-order valence-electron chi connectivity index (χ3n) is 3.66. The Kier molecular flexibility index (Phi) is 5.00. The molecule has 1 aromatic carbocycles. The molecule has 18 heavy (non-hydrogen) atoms. The van der Waals surface area contributed by atoms with Gasteiger partial charge in [-0.3, -0.25) is 0 Å². The molecule has 1 aromatic rings. The molecule has 2 rings (SSSR count). The third kappa shape index (κ3) is 3.45.